The first-order valence-electron chi connectivity index (χ1n) is 8.88. The molecule has 24 heavy (non-hydrogen) atoms. The Kier molecular flexibility index (Phi) is 5.94. The molecule has 1 N–H and O–H groups in total. The number of benzene rings is 1. The van der Waals surface area contributed by atoms with Crippen LogP contribution < -0.4 is 0 Å². The summed E-state index contributed by atoms with van der Waals surface area (Å²) in [6, 6.07) is 7.97. The van der Waals surface area contributed by atoms with Crippen LogP contribution in [0.3, 0.4) is 0 Å². The second-order valence-corrected chi connectivity index (χ2v) is 6.61. The maximum absolute atomic E-state index is 10.4. The highest BCUT2D eigenvalue weighted by Crippen LogP contribution is 2.27. The largest absolute Gasteiger partial charge is 0.379 e. The summed E-state index contributed by atoms with van der Waals surface area (Å²) >= 11 is 0. The van der Waals surface area contributed by atoms with Crippen molar-refractivity contribution < 1.29 is 9.84 Å². The predicted octanol–water partition coefficient (Wildman–Crippen LogP) is 2.42. The summed E-state index contributed by atoms with van der Waals surface area (Å²) in [6.07, 6.45) is 4.95. The van der Waals surface area contributed by atoms with E-state index >= 15 is 0 Å². The summed E-state index contributed by atoms with van der Waals surface area (Å²) in [5, 5.41) is 10.4. The van der Waals surface area contributed by atoms with Gasteiger partial charge in [-0.2, -0.15) is 0 Å². The molecule has 0 bridgehead atoms. The Morgan fingerprint density at radius 3 is 2.25 bits per heavy atom. The number of nitrogens with zero attached hydrogens (tertiary/aromatic N) is 1. The summed E-state index contributed by atoms with van der Waals surface area (Å²) in [5.74, 6) is 12.6. The van der Waals surface area contributed by atoms with Crippen LogP contribution in [-0.4, -0.2) is 48.5 Å². The van der Waals surface area contributed by atoms with Gasteiger partial charge in [-0.25, -0.2) is 0 Å². The quantitative estimate of drug-likeness (QED) is 0.806. The van der Waals surface area contributed by atoms with Gasteiger partial charge in [-0.3, -0.25) is 4.90 Å². The van der Waals surface area contributed by atoms with Crippen LogP contribution in [0.2, 0.25) is 0 Å². The van der Waals surface area contributed by atoms with E-state index in [0.717, 1.165) is 69.7 Å². The lowest BCUT2D eigenvalue weighted by molar-refractivity contribution is 0.0443. The fourth-order valence-electron chi connectivity index (χ4n) is 3.10. The van der Waals surface area contributed by atoms with Crippen molar-refractivity contribution >= 4 is 0 Å². The molecular formula is C21H25NO2. The number of hydrogen-bond acceptors (Lipinski definition) is 3. The van der Waals surface area contributed by atoms with Crippen LogP contribution in [0.1, 0.15) is 43.2 Å². The molecule has 2 aliphatic rings. The molecular weight excluding hydrogens is 298 g/mol. The van der Waals surface area contributed by atoms with E-state index in [1.807, 2.05) is 24.3 Å². The van der Waals surface area contributed by atoms with Gasteiger partial charge in [-0.05, 0) is 49.9 Å². The number of aliphatic hydroxyl groups is 1. The summed E-state index contributed by atoms with van der Waals surface area (Å²) in [4.78, 5) is 2.31. The van der Waals surface area contributed by atoms with Crippen molar-refractivity contribution in [3.8, 4) is 23.7 Å². The predicted molar refractivity (Wildman–Crippen MR) is 95.5 cm³/mol. The Labute approximate surface area is 145 Å². The Balaban J connectivity index is 1.56. The molecule has 2 fully saturated rings. The van der Waals surface area contributed by atoms with Crippen molar-refractivity contribution in [3.05, 3.63) is 35.4 Å². The van der Waals surface area contributed by atoms with Crippen LogP contribution in [0, 0.1) is 23.7 Å². The van der Waals surface area contributed by atoms with Gasteiger partial charge < -0.3 is 9.84 Å². The first kappa shape index (κ1) is 17.1. The van der Waals surface area contributed by atoms with E-state index in [4.69, 9.17) is 4.74 Å². The molecule has 126 valence electrons. The number of morpholine rings is 1. The molecule has 0 amide bonds. The Bertz CT molecular complexity index is 645. The third-order valence-corrected chi connectivity index (χ3v) is 4.64. The highest BCUT2D eigenvalue weighted by molar-refractivity contribution is 5.42. The zero-order chi connectivity index (χ0) is 16.7. The van der Waals surface area contributed by atoms with Crippen molar-refractivity contribution in [1.29, 1.82) is 0 Å². The van der Waals surface area contributed by atoms with E-state index in [0.29, 0.717) is 0 Å². The summed E-state index contributed by atoms with van der Waals surface area (Å²) in [6.45, 7) is 4.33. The van der Waals surface area contributed by atoms with Gasteiger partial charge in [0.25, 0.3) is 0 Å². The van der Waals surface area contributed by atoms with Crippen molar-refractivity contribution in [2.75, 3.05) is 32.8 Å². The Morgan fingerprint density at radius 1 is 0.958 bits per heavy atom. The van der Waals surface area contributed by atoms with Gasteiger partial charge in [0.15, 0.2) is 0 Å². The summed E-state index contributed by atoms with van der Waals surface area (Å²) < 4.78 is 5.33. The molecule has 3 heteroatoms. The molecule has 0 atom stereocenters. The van der Waals surface area contributed by atoms with E-state index in [1.54, 1.807) is 0 Å². The molecule has 3 nitrogen and oxygen atoms in total. The SMILES string of the molecule is OC1(C#Cc2ccc(C#CCN3CCOCC3)cc2)CCCCC1. The van der Waals surface area contributed by atoms with Gasteiger partial charge in [0.05, 0.1) is 19.8 Å². The molecule has 0 spiro atoms. The standard InChI is InChI=1S/C21H25NO2/c23-21(11-2-1-3-12-21)13-10-20-8-6-19(7-9-20)5-4-14-22-15-17-24-18-16-22/h6-9,23H,1-3,11-12,14-18H2. The highest BCUT2D eigenvalue weighted by Gasteiger charge is 2.26. The molecule has 3 rings (SSSR count). The van der Waals surface area contributed by atoms with Gasteiger partial charge in [-0.1, -0.05) is 30.1 Å². The fraction of sp³-hybridized carbons (Fsp3) is 0.524. The summed E-state index contributed by atoms with van der Waals surface area (Å²) in [5.41, 5.74) is 1.16. The molecule has 1 aliphatic carbocycles. The molecule has 1 aliphatic heterocycles. The lowest BCUT2D eigenvalue weighted by Gasteiger charge is -2.26. The van der Waals surface area contributed by atoms with E-state index in [1.165, 1.54) is 6.42 Å². The monoisotopic (exact) mass is 323 g/mol. The Morgan fingerprint density at radius 2 is 1.58 bits per heavy atom. The average molecular weight is 323 g/mol. The van der Waals surface area contributed by atoms with Crippen LogP contribution >= 0.6 is 0 Å². The first-order valence-corrected chi connectivity index (χ1v) is 8.88. The smallest absolute Gasteiger partial charge is 0.125 e. The van der Waals surface area contributed by atoms with E-state index in [2.05, 4.69) is 28.6 Å². The van der Waals surface area contributed by atoms with Gasteiger partial charge >= 0.3 is 0 Å². The van der Waals surface area contributed by atoms with Crippen LogP contribution in [0.15, 0.2) is 24.3 Å². The molecule has 1 heterocycles. The van der Waals surface area contributed by atoms with E-state index < -0.39 is 5.60 Å². The molecule has 1 saturated carbocycles. The highest BCUT2D eigenvalue weighted by atomic mass is 16.5. The number of ether oxygens (including phenoxy) is 1. The van der Waals surface area contributed by atoms with Crippen molar-refractivity contribution in [2.24, 2.45) is 0 Å². The minimum Gasteiger partial charge on any atom is -0.379 e. The van der Waals surface area contributed by atoms with E-state index in [-0.39, 0.29) is 0 Å². The van der Waals surface area contributed by atoms with Gasteiger partial charge in [0.2, 0.25) is 0 Å². The van der Waals surface area contributed by atoms with Gasteiger partial charge in [0.1, 0.15) is 5.60 Å². The Hall–Kier alpha value is -1.78. The van der Waals surface area contributed by atoms with Crippen molar-refractivity contribution in [3.63, 3.8) is 0 Å². The molecule has 1 aromatic rings. The minimum absolute atomic E-state index is 0.783. The molecule has 0 aromatic heterocycles. The first-order chi connectivity index (χ1) is 11.7. The lowest BCUT2D eigenvalue weighted by Crippen LogP contribution is -2.36. The van der Waals surface area contributed by atoms with Crippen LogP contribution in [-0.2, 0) is 4.74 Å². The van der Waals surface area contributed by atoms with Crippen molar-refractivity contribution in [2.45, 2.75) is 37.7 Å². The van der Waals surface area contributed by atoms with Gasteiger partial charge in [-0.15, -0.1) is 0 Å². The van der Waals surface area contributed by atoms with Crippen LogP contribution in [0.5, 0.6) is 0 Å². The maximum atomic E-state index is 10.4. The third-order valence-electron chi connectivity index (χ3n) is 4.64. The summed E-state index contributed by atoms with van der Waals surface area (Å²) in [7, 11) is 0. The number of rotatable bonds is 1. The van der Waals surface area contributed by atoms with E-state index in [9.17, 15) is 5.11 Å². The second kappa shape index (κ2) is 8.36. The molecule has 0 radical (unpaired) electrons. The van der Waals surface area contributed by atoms with Crippen molar-refractivity contribution in [1.82, 2.24) is 4.90 Å². The normalized spacial score (nSPS) is 20.4. The maximum Gasteiger partial charge on any atom is 0.125 e. The van der Waals surface area contributed by atoms with Gasteiger partial charge in [0, 0.05) is 24.2 Å². The minimum atomic E-state index is -0.783. The zero-order valence-electron chi connectivity index (χ0n) is 14.2. The fourth-order valence-corrected chi connectivity index (χ4v) is 3.10. The van der Waals surface area contributed by atoms with Crippen LogP contribution in [0.4, 0.5) is 0 Å². The second-order valence-electron chi connectivity index (χ2n) is 6.61. The molecule has 1 aromatic carbocycles. The zero-order valence-corrected chi connectivity index (χ0v) is 14.2. The molecule has 0 unspecified atom stereocenters. The third kappa shape index (κ3) is 5.11. The molecule has 1 saturated heterocycles. The average Bonchev–Trinajstić information content (AvgIpc) is 2.63. The lowest BCUT2D eigenvalue weighted by atomic mass is 9.85. The topological polar surface area (TPSA) is 32.7 Å². The number of hydrogen-bond donors (Lipinski definition) is 1. The van der Waals surface area contributed by atoms with Crippen LogP contribution in [0.25, 0.3) is 0 Å².